The van der Waals surface area contributed by atoms with Gasteiger partial charge in [-0.1, -0.05) is 24.3 Å². The van der Waals surface area contributed by atoms with Crippen LogP contribution < -0.4 is 5.63 Å². The maximum Gasteiger partial charge on any atom is 0.336 e. The van der Waals surface area contributed by atoms with Crippen molar-refractivity contribution in [1.29, 1.82) is 0 Å². The standard InChI is InChI=1S/C21H17FO4/c1-13-3-9-18-16(11-20(24)26-21(18)14(13)2)12-25-19(23)10-6-15-4-7-17(22)8-5-15/h3-11H,12H2,1-2H3. The van der Waals surface area contributed by atoms with E-state index in [2.05, 4.69) is 0 Å². The van der Waals surface area contributed by atoms with Crippen LogP contribution in [0.4, 0.5) is 4.39 Å². The first-order chi connectivity index (χ1) is 12.4. The first kappa shape index (κ1) is 17.6. The van der Waals surface area contributed by atoms with E-state index < -0.39 is 11.6 Å². The highest BCUT2D eigenvalue weighted by Crippen LogP contribution is 2.23. The largest absolute Gasteiger partial charge is 0.458 e. The van der Waals surface area contributed by atoms with Crippen molar-refractivity contribution in [2.24, 2.45) is 0 Å². The lowest BCUT2D eigenvalue weighted by molar-refractivity contribution is -0.138. The second kappa shape index (κ2) is 7.35. The van der Waals surface area contributed by atoms with Gasteiger partial charge in [0.1, 0.15) is 18.0 Å². The zero-order valence-electron chi connectivity index (χ0n) is 14.4. The van der Waals surface area contributed by atoms with Crippen molar-refractivity contribution in [3.05, 3.63) is 87.0 Å². The number of carbonyl (C=O) groups excluding carboxylic acids is 1. The van der Waals surface area contributed by atoms with Crippen molar-refractivity contribution in [1.82, 2.24) is 0 Å². The van der Waals surface area contributed by atoms with Crippen LogP contribution in [0.3, 0.4) is 0 Å². The minimum Gasteiger partial charge on any atom is -0.458 e. The fraction of sp³-hybridized carbons (Fsp3) is 0.143. The Kier molecular flexibility index (Phi) is 4.98. The molecule has 2 aromatic carbocycles. The molecule has 0 spiro atoms. The smallest absolute Gasteiger partial charge is 0.336 e. The summed E-state index contributed by atoms with van der Waals surface area (Å²) in [6.45, 7) is 3.76. The van der Waals surface area contributed by atoms with Gasteiger partial charge in [-0.15, -0.1) is 0 Å². The summed E-state index contributed by atoms with van der Waals surface area (Å²) in [5.41, 5.74) is 3.17. The van der Waals surface area contributed by atoms with Gasteiger partial charge in [0.25, 0.3) is 0 Å². The van der Waals surface area contributed by atoms with Gasteiger partial charge >= 0.3 is 11.6 Å². The number of ether oxygens (including phenoxy) is 1. The highest BCUT2D eigenvalue weighted by molar-refractivity contribution is 5.88. The number of aryl methyl sites for hydroxylation is 2. The molecule has 0 bridgehead atoms. The normalized spacial score (nSPS) is 11.2. The topological polar surface area (TPSA) is 56.5 Å². The predicted octanol–water partition coefficient (Wildman–Crippen LogP) is 4.31. The summed E-state index contributed by atoms with van der Waals surface area (Å²) in [7, 11) is 0. The summed E-state index contributed by atoms with van der Waals surface area (Å²) in [5, 5.41) is 0.739. The van der Waals surface area contributed by atoms with Crippen LogP contribution in [0.1, 0.15) is 22.3 Å². The van der Waals surface area contributed by atoms with E-state index in [1.165, 1.54) is 30.4 Å². The third-order valence-corrected chi connectivity index (χ3v) is 4.17. The quantitative estimate of drug-likeness (QED) is 0.399. The van der Waals surface area contributed by atoms with E-state index >= 15 is 0 Å². The fourth-order valence-corrected chi connectivity index (χ4v) is 2.58. The molecule has 0 aliphatic heterocycles. The molecule has 0 aliphatic carbocycles. The van der Waals surface area contributed by atoms with Gasteiger partial charge < -0.3 is 9.15 Å². The van der Waals surface area contributed by atoms with Gasteiger partial charge in [0.05, 0.1) is 0 Å². The number of rotatable bonds is 4. The average Bonchev–Trinajstić information content (AvgIpc) is 2.62. The van der Waals surface area contributed by atoms with Crippen molar-refractivity contribution >= 4 is 23.0 Å². The maximum atomic E-state index is 12.9. The van der Waals surface area contributed by atoms with Gasteiger partial charge in [-0.3, -0.25) is 0 Å². The van der Waals surface area contributed by atoms with Crippen molar-refractivity contribution < 1.29 is 18.3 Å². The van der Waals surface area contributed by atoms with Gasteiger partial charge in [0, 0.05) is 23.1 Å². The third-order valence-electron chi connectivity index (χ3n) is 4.17. The molecule has 0 saturated heterocycles. The Morgan fingerprint density at radius 1 is 1.15 bits per heavy atom. The predicted molar refractivity (Wildman–Crippen MR) is 97.2 cm³/mol. The van der Waals surface area contributed by atoms with Crippen LogP contribution in [0, 0.1) is 19.7 Å². The van der Waals surface area contributed by atoms with E-state index in [9.17, 15) is 14.0 Å². The first-order valence-electron chi connectivity index (χ1n) is 8.07. The monoisotopic (exact) mass is 352 g/mol. The molecule has 3 aromatic rings. The van der Waals surface area contributed by atoms with E-state index in [0.717, 1.165) is 16.5 Å². The summed E-state index contributed by atoms with van der Waals surface area (Å²) in [6, 6.07) is 10.8. The molecule has 0 amide bonds. The molecule has 26 heavy (non-hydrogen) atoms. The number of hydrogen-bond donors (Lipinski definition) is 0. The van der Waals surface area contributed by atoms with Crippen molar-refractivity contribution in [3.63, 3.8) is 0 Å². The zero-order valence-corrected chi connectivity index (χ0v) is 14.4. The number of esters is 1. The van der Waals surface area contributed by atoms with E-state index in [1.807, 2.05) is 26.0 Å². The Balaban J connectivity index is 1.77. The molecule has 0 aliphatic rings. The van der Waals surface area contributed by atoms with Gasteiger partial charge in [-0.2, -0.15) is 0 Å². The fourth-order valence-electron chi connectivity index (χ4n) is 2.58. The molecule has 1 aromatic heterocycles. The summed E-state index contributed by atoms with van der Waals surface area (Å²) >= 11 is 0. The zero-order chi connectivity index (χ0) is 18.7. The lowest BCUT2D eigenvalue weighted by Crippen LogP contribution is -2.06. The van der Waals surface area contributed by atoms with Gasteiger partial charge in [-0.25, -0.2) is 14.0 Å². The molecule has 4 nitrogen and oxygen atoms in total. The molecule has 0 N–H and O–H groups in total. The number of carbonyl (C=O) groups is 1. The molecule has 0 atom stereocenters. The second-order valence-electron chi connectivity index (χ2n) is 5.97. The molecule has 132 valence electrons. The Morgan fingerprint density at radius 3 is 2.62 bits per heavy atom. The molecule has 3 rings (SSSR count). The minimum atomic E-state index is -0.556. The van der Waals surface area contributed by atoms with Crippen LogP contribution in [0.2, 0.25) is 0 Å². The van der Waals surface area contributed by atoms with Gasteiger partial charge in [-0.05, 0) is 48.7 Å². The van der Waals surface area contributed by atoms with Crippen LogP contribution in [-0.4, -0.2) is 5.97 Å². The van der Waals surface area contributed by atoms with E-state index in [4.69, 9.17) is 9.15 Å². The molecule has 5 heteroatoms. The molecule has 0 unspecified atom stereocenters. The van der Waals surface area contributed by atoms with Crippen LogP contribution in [0.5, 0.6) is 0 Å². The van der Waals surface area contributed by atoms with E-state index in [-0.39, 0.29) is 12.4 Å². The summed E-state index contributed by atoms with van der Waals surface area (Å²) in [5.74, 6) is -0.899. The minimum absolute atomic E-state index is 0.0445. The van der Waals surface area contributed by atoms with Crippen molar-refractivity contribution in [2.45, 2.75) is 20.5 Å². The van der Waals surface area contributed by atoms with Crippen molar-refractivity contribution in [2.75, 3.05) is 0 Å². The lowest BCUT2D eigenvalue weighted by atomic mass is 10.0. The summed E-state index contributed by atoms with van der Waals surface area (Å²) < 4.78 is 23.4. The van der Waals surface area contributed by atoms with Crippen LogP contribution in [-0.2, 0) is 16.1 Å². The van der Waals surface area contributed by atoms with E-state index in [0.29, 0.717) is 16.7 Å². The number of hydrogen-bond acceptors (Lipinski definition) is 4. The average molecular weight is 352 g/mol. The maximum absolute atomic E-state index is 12.9. The number of halogens is 1. The molecule has 0 radical (unpaired) electrons. The first-order valence-corrected chi connectivity index (χ1v) is 8.07. The second-order valence-corrected chi connectivity index (χ2v) is 5.97. The SMILES string of the molecule is Cc1ccc2c(COC(=O)C=Cc3ccc(F)cc3)cc(=O)oc2c1C. The Labute approximate surface area is 149 Å². The van der Waals surface area contributed by atoms with Crippen molar-refractivity contribution in [3.8, 4) is 0 Å². The summed E-state index contributed by atoms with van der Waals surface area (Å²) in [6.07, 6.45) is 2.79. The molecular formula is C21H17FO4. The Hall–Kier alpha value is -3.21. The van der Waals surface area contributed by atoms with Gasteiger partial charge in [0.15, 0.2) is 0 Å². The van der Waals surface area contributed by atoms with Gasteiger partial charge in [0.2, 0.25) is 0 Å². The number of fused-ring (bicyclic) bond motifs is 1. The molecular weight excluding hydrogens is 335 g/mol. The van der Waals surface area contributed by atoms with Crippen LogP contribution >= 0.6 is 0 Å². The van der Waals surface area contributed by atoms with Crippen LogP contribution in [0.25, 0.3) is 17.0 Å². The van der Waals surface area contributed by atoms with Crippen LogP contribution in [0.15, 0.2) is 57.8 Å². The number of benzene rings is 2. The highest BCUT2D eigenvalue weighted by atomic mass is 19.1. The lowest BCUT2D eigenvalue weighted by Gasteiger charge is -2.09. The Morgan fingerprint density at radius 2 is 1.88 bits per heavy atom. The highest BCUT2D eigenvalue weighted by Gasteiger charge is 2.10. The molecule has 0 saturated carbocycles. The molecule has 1 heterocycles. The summed E-state index contributed by atoms with van der Waals surface area (Å²) in [4.78, 5) is 23.7. The molecule has 0 fully saturated rings. The van der Waals surface area contributed by atoms with E-state index in [1.54, 1.807) is 12.1 Å². The Bertz CT molecular complexity index is 1050. The third kappa shape index (κ3) is 3.88.